The van der Waals surface area contributed by atoms with Crippen LogP contribution in [0.25, 0.3) is 22.4 Å². The minimum absolute atomic E-state index is 0.0160. The third kappa shape index (κ3) is 3.17. The normalized spacial score (nSPS) is 15.8. The van der Waals surface area contributed by atoms with Gasteiger partial charge in [0.2, 0.25) is 0 Å². The van der Waals surface area contributed by atoms with E-state index in [-0.39, 0.29) is 11.9 Å². The predicted molar refractivity (Wildman–Crippen MR) is 114 cm³/mol. The average Bonchev–Trinajstić information content (AvgIpc) is 3.17. The van der Waals surface area contributed by atoms with Gasteiger partial charge in [-0.15, -0.1) is 0 Å². The Bertz CT molecular complexity index is 1210. The highest BCUT2D eigenvalue weighted by atomic mass is 19.1. The molecule has 0 aliphatic carbocycles. The number of rotatable bonds is 4. The average molecular weight is 404 g/mol. The van der Waals surface area contributed by atoms with E-state index in [1.165, 1.54) is 12.1 Å². The fourth-order valence-corrected chi connectivity index (χ4v) is 3.84. The highest BCUT2D eigenvalue weighted by Gasteiger charge is 2.32. The Morgan fingerprint density at radius 2 is 2.13 bits per heavy atom. The molecule has 2 aromatic heterocycles. The molecule has 4 aromatic rings. The molecule has 30 heavy (non-hydrogen) atoms. The first-order valence-electron chi connectivity index (χ1n) is 9.76. The van der Waals surface area contributed by atoms with Crippen LogP contribution in [0.15, 0.2) is 54.7 Å². The minimum Gasteiger partial charge on any atom is -0.488 e. The lowest BCUT2D eigenvalue weighted by atomic mass is 10.1. The first kappa shape index (κ1) is 18.6. The lowest BCUT2D eigenvalue weighted by molar-refractivity contribution is 0.146. The number of ether oxygens (including phenoxy) is 2. The van der Waals surface area contributed by atoms with E-state index < -0.39 is 0 Å². The molecule has 152 valence electrons. The second-order valence-corrected chi connectivity index (χ2v) is 7.38. The highest BCUT2D eigenvalue weighted by Crippen LogP contribution is 2.44. The Hall–Kier alpha value is -3.45. The second kappa shape index (κ2) is 7.42. The number of methoxy groups -OCH3 is 1. The topological polar surface area (TPSA) is 63.3 Å². The molecular weight excluding hydrogens is 383 g/mol. The molecule has 0 amide bonds. The van der Waals surface area contributed by atoms with Crippen molar-refractivity contribution in [2.24, 2.45) is 0 Å². The van der Waals surface area contributed by atoms with Crippen LogP contribution in [0.3, 0.4) is 0 Å². The number of halogens is 1. The zero-order valence-corrected chi connectivity index (χ0v) is 16.7. The summed E-state index contributed by atoms with van der Waals surface area (Å²) >= 11 is 0. The number of nitrogens with zero attached hydrogens (tertiary/aromatic N) is 3. The number of H-pyrrole nitrogens is 1. The fourth-order valence-electron chi connectivity index (χ4n) is 3.84. The van der Waals surface area contributed by atoms with Crippen LogP contribution in [0.1, 0.15) is 5.56 Å². The van der Waals surface area contributed by atoms with Gasteiger partial charge in [-0.2, -0.15) is 0 Å². The van der Waals surface area contributed by atoms with Crippen molar-refractivity contribution >= 4 is 22.5 Å². The van der Waals surface area contributed by atoms with Crippen LogP contribution in [0.4, 0.5) is 15.9 Å². The van der Waals surface area contributed by atoms with Crippen molar-refractivity contribution in [1.29, 1.82) is 0 Å². The lowest BCUT2D eigenvalue weighted by Crippen LogP contribution is -2.43. The summed E-state index contributed by atoms with van der Waals surface area (Å²) in [5.74, 6) is 1.88. The summed E-state index contributed by atoms with van der Waals surface area (Å²) < 4.78 is 25.2. The van der Waals surface area contributed by atoms with E-state index >= 15 is 0 Å². The summed E-state index contributed by atoms with van der Waals surface area (Å²) in [4.78, 5) is 14.6. The number of aryl methyl sites for hydroxylation is 1. The molecule has 2 aromatic carbocycles. The van der Waals surface area contributed by atoms with E-state index in [2.05, 4.69) is 19.9 Å². The number of fused-ring (bicyclic) bond motifs is 2. The van der Waals surface area contributed by atoms with Crippen LogP contribution >= 0.6 is 0 Å². The molecule has 0 unspecified atom stereocenters. The number of anilines is 2. The predicted octanol–water partition coefficient (Wildman–Crippen LogP) is 4.62. The van der Waals surface area contributed by atoms with Gasteiger partial charge in [-0.1, -0.05) is 12.1 Å². The zero-order valence-electron chi connectivity index (χ0n) is 16.7. The third-order valence-electron chi connectivity index (χ3n) is 5.24. The highest BCUT2D eigenvalue weighted by molar-refractivity contribution is 5.84. The number of nitrogens with one attached hydrogen (secondary N) is 1. The molecule has 7 heteroatoms. The second-order valence-electron chi connectivity index (χ2n) is 7.38. The summed E-state index contributed by atoms with van der Waals surface area (Å²) in [5.41, 5.74) is 4.15. The first-order chi connectivity index (χ1) is 14.6. The minimum atomic E-state index is -0.303. The smallest absolute Gasteiger partial charge is 0.154 e. The molecule has 1 atom stereocenters. The quantitative estimate of drug-likeness (QED) is 0.538. The largest absolute Gasteiger partial charge is 0.488 e. The number of hydrogen-bond donors (Lipinski definition) is 1. The number of aromatic amines is 1. The van der Waals surface area contributed by atoms with Gasteiger partial charge in [0.15, 0.2) is 5.75 Å². The standard InChI is InChI=1S/C23H21FN4O2/c1-14-6-9-21(25-11-14)28-16(12-29-2)13-30-22-17(4-3-5-20(22)28)23-26-18-8-7-15(24)10-19(18)27-23/h3-11,16H,12-13H2,1-2H3,(H,26,27)/t16-/m0/s1. The van der Waals surface area contributed by atoms with Gasteiger partial charge in [0.25, 0.3) is 0 Å². The van der Waals surface area contributed by atoms with Gasteiger partial charge in [0.1, 0.15) is 24.1 Å². The van der Waals surface area contributed by atoms with Crippen molar-refractivity contribution < 1.29 is 13.9 Å². The van der Waals surface area contributed by atoms with E-state index in [0.717, 1.165) is 22.6 Å². The van der Waals surface area contributed by atoms with Crippen LogP contribution in [0, 0.1) is 12.7 Å². The number of para-hydroxylation sites is 1. The molecule has 1 aliphatic rings. The van der Waals surface area contributed by atoms with Crippen LogP contribution in [0.2, 0.25) is 0 Å². The van der Waals surface area contributed by atoms with Crippen molar-refractivity contribution in [3.8, 4) is 17.1 Å². The van der Waals surface area contributed by atoms with Crippen molar-refractivity contribution in [3.63, 3.8) is 0 Å². The van der Waals surface area contributed by atoms with Crippen LogP contribution in [0.5, 0.6) is 5.75 Å². The van der Waals surface area contributed by atoms with E-state index in [9.17, 15) is 4.39 Å². The van der Waals surface area contributed by atoms with E-state index in [0.29, 0.717) is 35.8 Å². The van der Waals surface area contributed by atoms with E-state index in [1.807, 2.05) is 43.5 Å². The Kier molecular flexibility index (Phi) is 4.59. The maximum atomic E-state index is 13.6. The number of aromatic nitrogens is 3. The Morgan fingerprint density at radius 1 is 1.23 bits per heavy atom. The molecule has 0 saturated heterocycles. The van der Waals surface area contributed by atoms with Crippen molar-refractivity contribution in [1.82, 2.24) is 15.0 Å². The van der Waals surface area contributed by atoms with Gasteiger partial charge in [-0.05, 0) is 48.9 Å². The van der Waals surface area contributed by atoms with Gasteiger partial charge in [0, 0.05) is 13.3 Å². The van der Waals surface area contributed by atoms with Crippen molar-refractivity contribution in [2.45, 2.75) is 13.0 Å². The summed E-state index contributed by atoms with van der Waals surface area (Å²) in [7, 11) is 1.68. The zero-order chi connectivity index (χ0) is 20.7. The summed E-state index contributed by atoms with van der Waals surface area (Å²) in [6.45, 7) is 2.96. The molecule has 0 spiro atoms. The molecule has 5 rings (SSSR count). The van der Waals surface area contributed by atoms with Crippen molar-refractivity contribution in [2.75, 3.05) is 25.2 Å². The van der Waals surface area contributed by atoms with Gasteiger partial charge >= 0.3 is 0 Å². The number of imidazole rings is 1. The summed E-state index contributed by atoms with van der Waals surface area (Å²) in [6, 6.07) is 14.5. The number of pyridine rings is 1. The van der Waals surface area contributed by atoms with Crippen LogP contribution in [-0.4, -0.2) is 41.3 Å². The number of benzene rings is 2. The Labute approximate surface area is 173 Å². The van der Waals surface area contributed by atoms with Crippen molar-refractivity contribution in [3.05, 3.63) is 66.1 Å². The van der Waals surface area contributed by atoms with Crippen LogP contribution < -0.4 is 9.64 Å². The van der Waals surface area contributed by atoms with Gasteiger partial charge < -0.3 is 19.4 Å². The molecule has 0 bridgehead atoms. The summed E-state index contributed by atoms with van der Waals surface area (Å²) in [5, 5.41) is 0. The monoisotopic (exact) mass is 404 g/mol. The molecule has 1 aliphatic heterocycles. The number of hydrogen-bond acceptors (Lipinski definition) is 5. The molecule has 0 fully saturated rings. The van der Waals surface area contributed by atoms with E-state index in [1.54, 1.807) is 13.2 Å². The summed E-state index contributed by atoms with van der Waals surface area (Å²) in [6.07, 6.45) is 1.85. The molecule has 0 saturated carbocycles. The Balaban J connectivity index is 1.64. The van der Waals surface area contributed by atoms with E-state index in [4.69, 9.17) is 9.47 Å². The third-order valence-corrected chi connectivity index (χ3v) is 5.24. The fraction of sp³-hybridized carbons (Fsp3) is 0.217. The Morgan fingerprint density at radius 3 is 2.93 bits per heavy atom. The van der Waals surface area contributed by atoms with Crippen LogP contribution in [-0.2, 0) is 4.74 Å². The van der Waals surface area contributed by atoms with Gasteiger partial charge in [0.05, 0.1) is 34.9 Å². The molecule has 0 radical (unpaired) electrons. The molecule has 3 heterocycles. The SMILES string of the molecule is COC[C@H]1COc2c(-c3nc4ccc(F)cc4[nH]3)cccc2N1c1ccc(C)cn1. The maximum absolute atomic E-state index is 13.6. The first-order valence-corrected chi connectivity index (χ1v) is 9.76. The molecule has 6 nitrogen and oxygen atoms in total. The molecule has 1 N–H and O–H groups in total. The van der Waals surface area contributed by atoms with Gasteiger partial charge in [-0.3, -0.25) is 0 Å². The maximum Gasteiger partial charge on any atom is 0.154 e. The van der Waals surface area contributed by atoms with Gasteiger partial charge in [-0.25, -0.2) is 14.4 Å². The molecular formula is C23H21FN4O2. The lowest BCUT2D eigenvalue weighted by Gasteiger charge is -2.38.